The zero-order chi connectivity index (χ0) is 21.5. The highest BCUT2D eigenvalue weighted by Gasteiger charge is 2.07. The van der Waals surface area contributed by atoms with Gasteiger partial charge < -0.3 is 5.73 Å². The Balaban J connectivity index is 1.70. The van der Waals surface area contributed by atoms with Gasteiger partial charge in [0.25, 0.3) is 0 Å². The third-order valence-electron chi connectivity index (χ3n) is 4.60. The third-order valence-corrected chi connectivity index (χ3v) is 4.84. The lowest BCUT2D eigenvalue weighted by Gasteiger charge is -2.04. The SMILES string of the molecule is Nc1ncc2ccc(Cl)cc2c1C#Cc1ccc(C(=O)CCCCC(=O)NO)cc1. The van der Waals surface area contributed by atoms with Crippen molar-refractivity contribution in [2.24, 2.45) is 0 Å². The number of halogens is 1. The van der Waals surface area contributed by atoms with Crippen LogP contribution in [0.15, 0.2) is 48.7 Å². The summed E-state index contributed by atoms with van der Waals surface area (Å²) in [6.45, 7) is 0. The highest BCUT2D eigenvalue weighted by molar-refractivity contribution is 6.31. The van der Waals surface area contributed by atoms with Crippen LogP contribution in [-0.4, -0.2) is 21.9 Å². The van der Waals surface area contributed by atoms with Crippen molar-refractivity contribution in [2.45, 2.75) is 25.7 Å². The summed E-state index contributed by atoms with van der Waals surface area (Å²) in [6, 6.07) is 12.5. The van der Waals surface area contributed by atoms with Gasteiger partial charge in [0.1, 0.15) is 5.82 Å². The van der Waals surface area contributed by atoms with E-state index in [0.29, 0.717) is 41.2 Å². The van der Waals surface area contributed by atoms with Crippen LogP contribution in [0.1, 0.15) is 47.2 Å². The predicted molar refractivity (Wildman–Crippen MR) is 116 cm³/mol. The molecule has 0 radical (unpaired) electrons. The van der Waals surface area contributed by atoms with E-state index < -0.39 is 5.91 Å². The number of nitrogens with two attached hydrogens (primary N) is 1. The molecular formula is C23H20ClN3O3. The number of pyridine rings is 1. The predicted octanol–water partition coefficient (Wildman–Crippen LogP) is 4.12. The summed E-state index contributed by atoms with van der Waals surface area (Å²) in [5.74, 6) is 6.00. The van der Waals surface area contributed by atoms with Crippen LogP contribution in [0.25, 0.3) is 10.8 Å². The molecule has 2 aromatic carbocycles. The van der Waals surface area contributed by atoms with E-state index in [1.165, 1.54) is 0 Å². The molecule has 0 fully saturated rings. The van der Waals surface area contributed by atoms with Crippen LogP contribution in [0.4, 0.5) is 5.82 Å². The lowest BCUT2D eigenvalue weighted by Crippen LogP contribution is -2.17. The van der Waals surface area contributed by atoms with Gasteiger partial charge in [0, 0.05) is 46.0 Å². The number of nitrogens with zero attached hydrogens (tertiary/aromatic N) is 1. The normalized spacial score (nSPS) is 10.3. The van der Waals surface area contributed by atoms with Crippen molar-refractivity contribution in [3.63, 3.8) is 0 Å². The number of aromatic nitrogens is 1. The zero-order valence-electron chi connectivity index (χ0n) is 16.1. The highest BCUT2D eigenvalue weighted by Crippen LogP contribution is 2.25. The van der Waals surface area contributed by atoms with Crippen molar-refractivity contribution < 1.29 is 14.8 Å². The number of hydroxylamine groups is 1. The molecule has 1 amide bonds. The van der Waals surface area contributed by atoms with E-state index in [9.17, 15) is 9.59 Å². The molecule has 0 spiro atoms. The van der Waals surface area contributed by atoms with Crippen molar-refractivity contribution in [2.75, 3.05) is 5.73 Å². The molecule has 4 N–H and O–H groups in total. The first-order valence-electron chi connectivity index (χ1n) is 9.40. The van der Waals surface area contributed by atoms with Gasteiger partial charge in [-0.05, 0) is 37.1 Å². The van der Waals surface area contributed by atoms with Gasteiger partial charge in [0.2, 0.25) is 5.91 Å². The minimum absolute atomic E-state index is 0.00365. The van der Waals surface area contributed by atoms with Crippen molar-refractivity contribution in [1.82, 2.24) is 10.5 Å². The molecule has 0 atom stereocenters. The smallest absolute Gasteiger partial charge is 0.243 e. The van der Waals surface area contributed by atoms with E-state index in [4.69, 9.17) is 22.5 Å². The lowest BCUT2D eigenvalue weighted by molar-refractivity contribution is -0.129. The van der Waals surface area contributed by atoms with Crippen LogP contribution < -0.4 is 11.2 Å². The Morgan fingerprint density at radius 2 is 1.80 bits per heavy atom. The molecule has 7 heteroatoms. The molecule has 6 nitrogen and oxygen atoms in total. The number of carbonyl (C=O) groups excluding carboxylic acids is 2. The van der Waals surface area contributed by atoms with Crippen molar-refractivity contribution in [3.05, 3.63) is 70.4 Å². The fourth-order valence-electron chi connectivity index (χ4n) is 2.98. The Kier molecular flexibility index (Phi) is 7.02. The van der Waals surface area contributed by atoms with Gasteiger partial charge in [-0.1, -0.05) is 41.6 Å². The molecule has 3 aromatic rings. The lowest BCUT2D eigenvalue weighted by atomic mass is 10.0. The molecule has 0 saturated heterocycles. The summed E-state index contributed by atoms with van der Waals surface area (Å²) >= 11 is 6.10. The fraction of sp³-hybridized carbons (Fsp3) is 0.174. The number of carbonyl (C=O) groups is 2. The summed E-state index contributed by atoms with van der Waals surface area (Å²) < 4.78 is 0. The molecule has 1 heterocycles. The summed E-state index contributed by atoms with van der Waals surface area (Å²) in [6.07, 6.45) is 3.32. The quantitative estimate of drug-likeness (QED) is 0.182. The second-order valence-corrected chi connectivity index (χ2v) is 7.18. The molecule has 0 bridgehead atoms. The molecule has 0 aliphatic carbocycles. The first kappa shape index (κ1) is 21.3. The van der Waals surface area contributed by atoms with E-state index in [-0.39, 0.29) is 12.2 Å². The van der Waals surface area contributed by atoms with E-state index in [1.54, 1.807) is 42.0 Å². The molecule has 1 aromatic heterocycles. The largest absolute Gasteiger partial charge is 0.383 e. The van der Waals surface area contributed by atoms with Crippen LogP contribution in [0.2, 0.25) is 5.02 Å². The molecule has 0 saturated carbocycles. The van der Waals surface area contributed by atoms with Crippen molar-refractivity contribution in [1.29, 1.82) is 0 Å². The third kappa shape index (κ3) is 5.35. The van der Waals surface area contributed by atoms with Gasteiger partial charge in [0.05, 0.1) is 5.56 Å². The van der Waals surface area contributed by atoms with E-state index in [0.717, 1.165) is 16.3 Å². The van der Waals surface area contributed by atoms with Gasteiger partial charge in [-0.2, -0.15) is 0 Å². The van der Waals surface area contributed by atoms with Crippen LogP contribution in [0.5, 0.6) is 0 Å². The van der Waals surface area contributed by atoms with Gasteiger partial charge in [-0.25, -0.2) is 10.5 Å². The molecule has 152 valence electrons. The van der Waals surface area contributed by atoms with Gasteiger partial charge in [0.15, 0.2) is 5.78 Å². The summed E-state index contributed by atoms with van der Waals surface area (Å²) in [5.41, 5.74) is 9.53. The first-order valence-corrected chi connectivity index (χ1v) is 9.77. The Labute approximate surface area is 179 Å². The van der Waals surface area contributed by atoms with Crippen molar-refractivity contribution in [3.8, 4) is 11.8 Å². The van der Waals surface area contributed by atoms with E-state index in [1.807, 2.05) is 12.1 Å². The number of nitrogens with one attached hydrogen (secondary N) is 1. The number of benzene rings is 2. The Bertz CT molecular complexity index is 1140. The topological polar surface area (TPSA) is 105 Å². The number of fused-ring (bicyclic) bond motifs is 1. The molecule has 0 aliphatic heterocycles. The summed E-state index contributed by atoms with van der Waals surface area (Å²) in [4.78, 5) is 27.4. The number of unbranched alkanes of at least 4 members (excludes halogenated alkanes) is 1. The fourth-order valence-corrected chi connectivity index (χ4v) is 3.15. The number of rotatable bonds is 6. The number of anilines is 1. The number of amides is 1. The Morgan fingerprint density at radius 3 is 2.53 bits per heavy atom. The Hall–Kier alpha value is -3.40. The standard InChI is InChI=1S/C23H20ClN3O3/c24-18-11-10-17-14-26-23(25)19(20(17)13-18)12-7-15-5-8-16(9-6-15)21(28)3-1-2-4-22(29)27-30/h5-6,8-11,13-14,30H,1-4H2,(H2,25,26)(H,27,29). The number of Topliss-reactive ketones (excluding diaryl/α,β-unsaturated/α-hetero) is 1. The summed E-state index contributed by atoms with van der Waals surface area (Å²) in [5, 5.41) is 10.8. The summed E-state index contributed by atoms with van der Waals surface area (Å²) in [7, 11) is 0. The molecule has 0 unspecified atom stereocenters. The highest BCUT2D eigenvalue weighted by atomic mass is 35.5. The zero-order valence-corrected chi connectivity index (χ0v) is 16.9. The van der Waals surface area contributed by atoms with Crippen LogP contribution in [0, 0.1) is 11.8 Å². The number of hydrogen-bond acceptors (Lipinski definition) is 5. The second-order valence-electron chi connectivity index (χ2n) is 6.74. The average molecular weight is 422 g/mol. The minimum atomic E-state index is -0.449. The van der Waals surface area contributed by atoms with Crippen molar-refractivity contribution >= 4 is 39.9 Å². The molecular weight excluding hydrogens is 402 g/mol. The van der Waals surface area contributed by atoms with E-state index in [2.05, 4.69) is 16.8 Å². The van der Waals surface area contributed by atoms with Gasteiger partial charge in [-0.15, -0.1) is 0 Å². The maximum Gasteiger partial charge on any atom is 0.243 e. The minimum Gasteiger partial charge on any atom is -0.383 e. The molecule has 0 aliphatic rings. The number of hydrogen-bond donors (Lipinski definition) is 3. The van der Waals surface area contributed by atoms with Gasteiger partial charge in [-0.3, -0.25) is 14.8 Å². The van der Waals surface area contributed by atoms with E-state index >= 15 is 0 Å². The molecule has 3 rings (SSSR count). The van der Waals surface area contributed by atoms with Crippen LogP contribution in [-0.2, 0) is 4.79 Å². The van der Waals surface area contributed by atoms with Crippen LogP contribution in [0.3, 0.4) is 0 Å². The first-order chi connectivity index (χ1) is 14.5. The molecule has 30 heavy (non-hydrogen) atoms. The second kappa shape index (κ2) is 9.88. The maximum atomic E-state index is 12.2. The monoisotopic (exact) mass is 421 g/mol. The Morgan fingerprint density at radius 1 is 1.07 bits per heavy atom. The number of ketones is 1. The maximum absolute atomic E-state index is 12.2. The van der Waals surface area contributed by atoms with Crippen LogP contribution >= 0.6 is 11.6 Å². The average Bonchev–Trinajstić information content (AvgIpc) is 2.76. The van der Waals surface area contributed by atoms with Gasteiger partial charge >= 0.3 is 0 Å². The number of nitrogen functional groups attached to an aromatic ring is 1.